The highest BCUT2D eigenvalue weighted by Crippen LogP contribution is 2.23. The van der Waals surface area contributed by atoms with Crippen LogP contribution < -0.4 is 10.2 Å². The van der Waals surface area contributed by atoms with Gasteiger partial charge in [0.2, 0.25) is 0 Å². The number of aryl methyl sites for hydroxylation is 2. The Morgan fingerprint density at radius 2 is 1.75 bits per heavy atom. The first-order chi connectivity index (χ1) is 7.56. The van der Waals surface area contributed by atoms with E-state index in [-0.39, 0.29) is 0 Å². The molecule has 0 aliphatic carbocycles. The molecule has 88 valence electrons. The van der Waals surface area contributed by atoms with Crippen molar-refractivity contribution in [1.82, 2.24) is 5.32 Å². The van der Waals surface area contributed by atoms with Crippen molar-refractivity contribution in [2.45, 2.75) is 39.8 Å². The van der Waals surface area contributed by atoms with Gasteiger partial charge in [0.25, 0.3) is 0 Å². The Kier molecular flexibility index (Phi) is 3.20. The molecule has 1 N–H and O–H groups in total. The van der Waals surface area contributed by atoms with Crippen LogP contribution in [-0.4, -0.2) is 25.2 Å². The van der Waals surface area contributed by atoms with Gasteiger partial charge in [-0.2, -0.15) is 0 Å². The van der Waals surface area contributed by atoms with Crippen LogP contribution in [0.15, 0.2) is 18.2 Å². The van der Waals surface area contributed by atoms with Gasteiger partial charge in [0.15, 0.2) is 0 Å². The number of piperazine rings is 1. The number of nitrogens with zero attached hydrogens (tertiary/aromatic N) is 1. The van der Waals surface area contributed by atoms with E-state index in [1.165, 1.54) is 16.8 Å². The van der Waals surface area contributed by atoms with Gasteiger partial charge in [-0.3, -0.25) is 0 Å². The Morgan fingerprint density at radius 3 is 2.31 bits per heavy atom. The third kappa shape index (κ3) is 2.38. The lowest BCUT2D eigenvalue weighted by molar-refractivity contribution is 0.406. The lowest BCUT2D eigenvalue weighted by Crippen LogP contribution is -2.54. The second-order valence-corrected chi connectivity index (χ2v) is 5.16. The summed E-state index contributed by atoms with van der Waals surface area (Å²) in [5, 5.41) is 3.57. The van der Waals surface area contributed by atoms with Gasteiger partial charge in [-0.05, 0) is 39.3 Å². The van der Waals surface area contributed by atoms with E-state index in [9.17, 15) is 0 Å². The van der Waals surface area contributed by atoms with Crippen LogP contribution in [0.3, 0.4) is 0 Å². The van der Waals surface area contributed by atoms with Gasteiger partial charge < -0.3 is 10.2 Å². The maximum Gasteiger partial charge on any atom is 0.0397 e. The van der Waals surface area contributed by atoms with Gasteiger partial charge >= 0.3 is 0 Å². The summed E-state index contributed by atoms with van der Waals surface area (Å²) in [4.78, 5) is 2.50. The van der Waals surface area contributed by atoms with E-state index in [1.807, 2.05) is 0 Å². The SMILES string of the molecule is Cc1ccc(N2CC(C)NC(C)C2)c(C)c1. The summed E-state index contributed by atoms with van der Waals surface area (Å²) in [6.07, 6.45) is 0. The fourth-order valence-corrected chi connectivity index (χ4v) is 2.68. The third-order valence-electron chi connectivity index (χ3n) is 3.25. The fourth-order valence-electron chi connectivity index (χ4n) is 2.68. The summed E-state index contributed by atoms with van der Waals surface area (Å²) in [6, 6.07) is 7.89. The van der Waals surface area contributed by atoms with Crippen LogP contribution in [0.2, 0.25) is 0 Å². The molecule has 1 fully saturated rings. The molecule has 2 heteroatoms. The Labute approximate surface area is 98.7 Å². The number of benzene rings is 1. The molecular weight excluding hydrogens is 196 g/mol. The molecule has 0 radical (unpaired) electrons. The quantitative estimate of drug-likeness (QED) is 0.779. The number of rotatable bonds is 1. The van der Waals surface area contributed by atoms with Gasteiger partial charge in [-0.25, -0.2) is 0 Å². The molecule has 1 aliphatic heterocycles. The average Bonchev–Trinajstić information content (AvgIpc) is 2.15. The van der Waals surface area contributed by atoms with Crippen LogP contribution in [0.25, 0.3) is 0 Å². The van der Waals surface area contributed by atoms with Gasteiger partial charge in [-0.1, -0.05) is 17.7 Å². The van der Waals surface area contributed by atoms with Crippen molar-refractivity contribution in [2.75, 3.05) is 18.0 Å². The second kappa shape index (κ2) is 4.46. The Hall–Kier alpha value is -1.02. The monoisotopic (exact) mass is 218 g/mol. The van der Waals surface area contributed by atoms with Crippen molar-refractivity contribution < 1.29 is 0 Å². The molecule has 1 aromatic rings. The smallest absolute Gasteiger partial charge is 0.0397 e. The minimum Gasteiger partial charge on any atom is -0.368 e. The fraction of sp³-hybridized carbons (Fsp3) is 0.571. The third-order valence-corrected chi connectivity index (χ3v) is 3.25. The average molecular weight is 218 g/mol. The molecule has 2 unspecified atom stereocenters. The largest absolute Gasteiger partial charge is 0.368 e. The Bertz CT molecular complexity index is 363. The lowest BCUT2D eigenvalue weighted by atomic mass is 10.1. The summed E-state index contributed by atoms with van der Waals surface area (Å²) < 4.78 is 0. The van der Waals surface area contributed by atoms with Gasteiger partial charge in [0.05, 0.1) is 0 Å². The van der Waals surface area contributed by atoms with Crippen molar-refractivity contribution in [2.24, 2.45) is 0 Å². The molecule has 0 aromatic heterocycles. The lowest BCUT2D eigenvalue weighted by Gasteiger charge is -2.38. The number of hydrogen-bond acceptors (Lipinski definition) is 2. The van der Waals surface area contributed by atoms with E-state index in [4.69, 9.17) is 0 Å². The maximum absolute atomic E-state index is 3.57. The van der Waals surface area contributed by atoms with Crippen LogP contribution in [-0.2, 0) is 0 Å². The predicted molar refractivity (Wildman–Crippen MR) is 70.2 cm³/mol. The highest BCUT2D eigenvalue weighted by Gasteiger charge is 2.21. The second-order valence-electron chi connectivity index (χ2n) is 5.16. The van der Waals surface area contributed by atoms with E-state index in [1.54, 1.807) is 0 Å². The molecule has 0 saturated carbocycles. The first-order valence-corrected chi connectivity index (χ1v) is 6.14. The molecule has 2 atom stereocenters. The van der Waals surface area contributed by atoms with E-state index in [2.05, 4.69) is 56.1 Å². The summed E-state index contributed by atoms with van der Waals surface area (Å²) >= 11 is 0. The zero-order chi connectivity index (χ0) is 11.7. The van der Waals surface area contributed by atoms with Crippen molar-refractivity contribution in [1.29, 1.82) is 0 Å². The molecule has 2 nitrogen and oxygen atoms in total. The molecule has 2 rings (SSSR count). The van der Waals surface area contributed by atoms with Crippen molar-refractivity contribution in [3.63, 3.8) is 0 Å². The number of nitrogens with one attached hydrogen (secondary N) is 1. The van der Waals surface area contributed by atoms with Crippen LogP contribution in [0.4, 0.5) is 5.69 Å². The molecule has 1 saturated heterocycles. The van der Waals surface area contributed by atoms with Crippen LogP contribution in [0.1, 0.15) is 25.0 Å². The summed E-state index contributed by atoms with van der Waals surface area (Å²) in [7, 11) is 0. The molecule has 0 amide bonds. The predicted octanol–water partition coefficient (Wildman–Crippen LogP) is 2.49. The standard InChI is InChI=1S/C14H22N2/c1-10-5-6-14(11(2)7-10)16-8-12(3)15-13(4)9-16/h5-7,12-13,15H,8-9H2,1-4H3. The van der Waals surface area contributed by atoms with E-state index < -0.39 is 0 Å². The molecule has 0 bridgehead atoms. The highest BCUT2D eigenvalue weighted by atomic mass is 15.2. The van der Waals surface area contributed by atoms with E-state index >= 15 is 0 Å². The van der Waals surface area contributed by atoms with Gasteiger partial charge in [0.1, 0.15) is 0 Å². The number of anilines is 1. The minimum absolute atomic E-state index is 0.574. The van der Waals surface area contributed by atoms with Crippen molar-refractivity contribution >= 4 is 5.69 Å². The van der Waals surface area contributed by atoms with Crippen LogP contribution in [0.5, 0.6) is 0 Å². The zero-order valence-electron chi connectivity index (χ0n) is 10.7. The molecule has 16 heavy (non-hydrogen) atoms. The first kappa shape index (κ1) is 11.5. The van der Waals surface area contributed by atoms with Crippen LogP contribution in [0, 0.1) is 13.8 Å². The summed E-state index contributed by atoms with van der Waals surface area (Å²) in [6.45, 7) is 11.1. The van der Waals surface area contributed by atoms with E-state index in [0.29, 0.717) is 12.1 Å². The highest BCUT2D eigenvalue weighted by molar-refractivity contribution is 5.55. The van der Waals surface area contributed by atoms with E-state index in [0.717, 1.165) is 13.1 Å². The Balaban J connectivity index is 2.23. The minimum atomic E-state index is 0.574. The molecule has 1 aliphatic rings. The summed E-state index contributed by atoms with van der Waals surface area (Å²) in [5.41, 5.74) is 4.13. The number of hydrogen-bond donors (Lipinski definition) is 1. The van der Waals surface area contributed by atoms with Gasteiger partial charge in [0, 0.05) is 30.9 Å². The zero-order valence-corrected chi connectivity index (χ0v) is 10.7. The van der Waals surface area contributed by atoms with Crippen molar-refractivity contribution in [3.8, 4) is 0 Å². The molecule has 1 aromatic carbocycles. The normalized spacial score (nSPS) is 25.9. The van der Waals surface area contributed by atoms with Crippen molar-refractivity contribution in [3.05, 3.63) is 29.3 Å². The molecular formula is C14H22N2. The molecule has 0 spiro atoms. The van der Waals surface area contributed by atoms with Gasteiger partial charge in [-0.15, -0.1) is 0 Å². The summed E-state index contributed by atoms with van der Waals surface area (Å²) in [5.74, 6) is 0. The van der Waals surface area contributed by atoms with Crippen LogP contribution >= 0.6 is 0 Å². The Morgan fingerprint density at radius 1 is 1.12 bits per heavy atom. The molecule has 1 heterocycles. The first-order valence-electron chi connectivity index (χ1n) is 6.14. The topological polar surface area (TPSA) is 15.3 Å². The maximum atomic E-state index is 3.57.